The average molecular weight is 554 g/mol. The molecule has 0 radical (unpaired) electrons. The van der Waals surface area contributed by atoms with E-state index in [2.05, 4.69) is 86.7 Å². The average Bonchev–Trinajstić information content (AvgIpc) is 2.50. The third kappa shape index (κ3) is 6.01. The van der Waals surface area contributed by atoms with Crippen LogP contribution >= 0.6 is 45.2 Å². The molecule has 0 aliphatic carbocycles. The highest BCUT2D eigenvalue weighted by atomic mass is 127. The molecule has 0 bridgehead atoms. The van der Waals surface area contributed by atoms with E-state index < -0.39 is 16.6 Å². The van der Waals surface area contributed by atoms with Gasteiger partial charge in [0.15, 0.2) is 16.6 Å². The van der Waals surface area contributed by atoms with Crippen molar-refractivity contribution < 1.29 is 4.12 Å². The molecule has 0 aliphatic rings. The molecule has 0 fully saturated rings. The summed E-state index contributed by atoms with van der Waals surface area (Å²) in [6.07, 6.45) is 2.68. The first kappa shape index (κ1) is 22.9. The van der Waals surface area contributed by atoms with E-state index in [0.29, 0.717) is 0 Å². The predicted molar refractivity (Wildman–Crippen MR) is 120 cm³/mol. The number of rotatable bonds is 12. The molecule has 0 rings (SSSR count). The minimum absolute atomic E-state index is 0.807. The summed E-state index contributed by atoms with van der Waals surface area (Å²) in [4.78, 5) is 0. The van der Waals surface area contributed by atoms with Crippen LogP contribution in [0.4, 0.5) is 0 Å². The molecule has 0 amide bonds. The van der Waals surface area contributed by atoms with Gasteiger partial charge in [-0.2, -0.15) is 0 Å². The van der Waals surface area contributed by atoms with Crippen molar-refractivity contribution in [3.8, 4) is 0 Å². The van der Waals surface area contributed by atoms with Gasteiger partial charge in [-0.25, -0.2) is 0 Å². The zero-order chi connectivity index (χ0) is 16.5. The monoisotopic (exact) mass is 554 g/mol. The summed E-state index contributed by atoms with van der Waals surface area (Å²) in [5.41, 5.74) is 1.61. The second kappa shape index (κ2) is 11.4. The zero-order valence-electron chi connectivity index (χ0n) is 15.0. The molecule has 0 saturated carbocycles. The third-order valence-corrected chi connectivity index (χ3v) is 19.1. The van der Waals surface area contributed by atoms with Crippen LogP contribution in [0.25, 0.3) is 0 Å². The number of halogens is 2. The lowest BCUT2D eigenvalue weighted by atomic mass is 10.4. The number of hydrogen-bond acceptors (Lipinski definition) is 1. The molecule has 0 saturated heterocycles. The molecule has 0 aromatic rings. The van der Waals surface area contributed by atoms with Gasteiger partial charge < -0.3 is 4.12 Å². The van der Waals surface area contributed by atoms with Gasteiger partial charge in [-0.05, 0) is 57.0 Å². The first-order valence-electron chi connectivity index (χ1n) is 8.73. The van der Waals surface area contributed by atoms with Crippen LogP contribution in [0.2, 0.25) is 35.3 Å². The van der Waals surface area contributed by atoms with E-state index in [1.807, 2.05) is 0 Å². The molecule has 0 aromatic heterocycles. The van der Waals surface area contributed by atoms with Gasteiger partial charge in [0.2, 0.25) is 0 Å². The van der Waals surface area contributed by atoms with Crippen molar-refractivity contribution in [2.45, 2.75) is 89.6 Å². The molecule has 2 unspecified atom stereocenters. The summed E-state index contributed by atoms with van der Waals surface area (Å²) in [5.74, 6) is 0. The Bertz CT molecular complexity index is 243. The number of alkyl halides is 2. The Morgan fingerprint density at radius 1 is 0.714 bits per heavy atom. The fourth-order valence-corrected chi connectivity index (χ4v) is 19.0. The summed E-state index contributed by atoms with van der Waals surface area (Å²) in [6, 6.07) is 5.19. The van der Waals surface area contributed by atoms with E-state index in [1.54, 1.807) is 0 Å². The summed E-state index contributed by atoms with van der Waals surface area (Å²) < 4.78 is 9.86. The predicted octanol–water partition coefficient (Wildman–Crippen LogP) is 7.40. The first-order chi connectivity index (χ1) is 9.91. The molecule has 0 aromatic carbocycles. The highest BCUT2D eigenvalue weighted by Crippen LogP contribution is 2.42. The van der Waals surface area contributed by atoms with Crippen molar-refractivity contribution in [1.29, 1.82) is 0 Å². The van der Waals surface area contributed by atoms with Crippen molar-refractivity contribution >= 4 is 61.8 Å². The lowest BCUT2D eigenvalue weighted by molar-refractivity contribution is 0.467. The van der Waals surface area contributed by atoms with E-state index in [9.17, 15) is 0 Å². The van der Waals surface area contributed by atoms with Gasteiger partial charge in [0.1, 0.15) is 0 Å². The minimum Gasteiger partial charge on any atom is -0.454 e. The van der Waals surface area contributed by atoms with Gasteiger partial charge in [0.05, 0.1) is 0 Å². The van der Waals surface area contributed by atoms with Gasteiger partial charge in [-0.1, -0.05) is 86.7 Å². The fraction of sp³-hybridized carbons (Fsp3) is 1.00. The summed E-state index contributed by atoms with van der Waals surface area (Å²) in [7, 11) is -3.16. The molecule has 0 N–H and O–H groups in total. The van der Waals surface area contributed by atoms with Crippen LogP contribution in [0, 0.1) is 0 Å². The van der Waals surface area contributed by atoms with E-state index in [1.165, 1.54) is 45.9 Å². The van der Waals surface area contributed by atoms with Crippen LogP contribution in [0.15, 0.2) is 0 Å². The maximum atomic E-state index is 7.32. The fourth-order valence-electron chi connectivity index (χ4n) is 3.64. The van der Waals surface area contributed by atoms with Crippen LogP contribution in [0.1, 0.15) is 54.4 Å². The second-order valence-electron chi connectivity index (χ2n) is 6.40. The van der Waals surface area contributed by atoms with Crippen molar-refractivity contribution in [3.63, 3.8) is 0 Å². The van der Waals surface area contributed by atoms with Crippen LogP contribution in [-0.4, -0.2) is 25.5 Å². The Labute approximate surface area is 163 Å². The molecule has 1 nitrogen and oxygen atoms in total. The van der Waals surface area contributed by atoms with E-state index >= 15 is 0 Å². The highest BCUT2D eigenvalue weighted by Gasteiger charge is 2.47. The highest BCUT2D eigenvalue weighted by molar-refractivity contribution is 14.1. The molecule has 5 heteroatoms. The molecule has 0 aliphatic heterocycles. The Hall–Kier alpha value is 1.85. The quantitative estimate of drug-likeness (QED) is 0.139. The van der Waals surface area contributed by atoms with Crippen LogP contribution in [0.3, 0.4) is 0 Å². The number of hydrogen-bond donors (Lipinski definition) is 0. The SMILES string of the molecule is CC[Si](CC)(O[Si](CC)(CC)C(C)CCI)C(C)CCI. The molecular weight excluding hydrogens is 518 g/mol. The maximum absolute atomic E-state index is 7.32. The Kier molecular flexibility index (Phi) is 12.4. The van der Waals surface area contributed by atoms with E-state index in [0.717, 1.165) is 11.1 Å². The van der Waals surface area contributed by atoms with Crippen LogP contribution in [0.5, 0.6) is 0 Å². The van der Waals surface area contributed by atoms with Crippen molar-refractivity contribution in [1.82, 2.24) is 0 Å². The van der Waals surface area contributed by atoms with Gasteiger partial charge in [-0.15, -0.1) is 0 Å². The first-order valence-corrected chi connectivity index (χ1v) is 16.6. The minimum atomic E-state index is -1.58. The van der Waals surface area contributed by atoms with Gasteiger partial charge in [-0.3, -0.25) is 0 Å². The lowest BCUT2D eigenvalue weighted by Crippen LogP contribution is -2.54. The van der Waals surface area contributed by atoms with Gasteiger partial charge in [0, 0.05) is 0 Å². The van der Waals surface area contributed by atoms with Crippen molar-refractivity contribution in [2.24, 2.45) is 0 Å². The molecule has 0 heterocycles. The summed E-state index contributed by atoms with van der Waals surface area (Å²) in [6.45, 7) is 14.5. The largest absolute Gasteiger partial charge is 0.454 e. The molecule has 21 heavy (non-hydrogen) atoms. The molecule has 128 valence electrons. The summed E-state index contributed by atoms with van der Waals surface area (Å²) in [5, 5.41) is 0. The lowest BCUT2D eigenvalue weighted by Gasteiger charge is -2.47. The smallest absolute Gasteiger partial charge is 0.182 e. The molecular formula is C16H36I2OSi2. The maximum Gasteiger partial charge on any atom is 0.182 e. The molecule has 2 atom stereocenters. The Morgan fingerprint density at radius 3 is 1.19 bits per heavy atom. The Balaban J connectivity index is 5.40. The summed E-state index contributed by atoms with van der Waals surface area (Å²) >= 11 is 5.07. The van der Waals surface area contributed by atoms with E-state index in [4.69, 9.17) is 4.12 Å². The molecule has 0 spiro atoms. The van der Waals surface area contributed by atoms with Crippen LogP contribution in [-0.2, 0) is 4.12 Å². The van der Waals surface area contributed by atoms with Gasteiger partial charge >= 0.3 is 0 Å². The topological polar surface area (TPSA) is 9.23 Å². The normalized spacial score (nSPS) is 16.0. The van der Waals surface area contributed by atoms with Crippen molar-refractivity contribution in [2.75, 3.05) is 8.86 Å². The Morgan fingerprint density at radius 2 is 1.00 bits per heavy atom. The third-order valence-electron chi connectivity index (χ3n) is 5.68. The van der Waals surface area contributed by atoms with Crippen LogP contribution < -0.4 is 0 Å². The van der Waals surface area contributed by atoms with E-state index in [-0.39, 0.29) is 0 Å². The standard InChI is InChI=1S/C16H36I2OSi2/c1-7-20(8-2,15(5)11-13-17)19-21(9-3,10-4)16(6)12-14-18/h15-16H,7-14H2,1-6H3. The second-order valence-corrected chi connectivity index (χ2v) is 18.4. The zero-order valence-corrected chi connectivity index (χ0v) is 21.3. The van der Waals surface area contributed by atoms with Gasteiger partial charge in [0.25, 0.3) is 0 Å². The van der Waals surface area contributed by atoms with Crippen molar-refractivity contribution in [3.05, 3.63) is 0 Å².